The van der Waals surface area contributed by atoms with Crippen LogP contribution in [0.2, 0.25) is 0 Å². The van der Waals surface area contributed by atoms with Gasteiger partial charge < -0.3 is 4.90 Å². The lowest BCUT2D eigenvalue weighted by molar-refractivity contribution is 0.348. The van der Waals surface area contributed by atoms with Crippen LogP contribution < -0.4 is 0 Å². The van der Waals surface area contributed by atoms with Crippen LogP contribution in [0, 0.1) is 18.3 Å². The van der Waals surface area contributed by atoms with Gasteiger partial charge in [0.25, 0.3) is 0 Å². The second kappa shape index (κ2) is 4.06. The maximum absolute atomic E-state index is 8.85. The average molecular weight is 173 g/mol. The van der Waals surface area contributed by atoms with Gasteiger partial charge in [-0.25, -0.2) is 0 Å². The summed E-state index contributed by atoms with van der Waals surface area (Å²) in [5.41, 5.74) is 1.69. The van der Waals surface area contributed by atoms with Crippen molar-refractivity contribution in [2.45, 2.75) is 6.04 Å². The van der Waals surface area contributed by atoms with Crippen molar-refractivity contribution >= 4 is 0 Å². The summed E-state index contributed by atoms with van der Waals surface area (Å²) in [6.07, 6.45) is 0. The predicted molar refractivity (Wildman–Crippen MR) is 52.9 cm³/mol. The first kappa shape index (κ1) is 9.76. The Bertz CT molecular complexity index is 323. The highest BCUT2D eigenvalue weighted by molar-refractivity contribution is 5.39. The van der Waals surface area contributed by atoms with Crippen LogP contribution >= 0.6 is 0 Å². The zero-order chi connectivity index (χ0) is 9.84. The van der Waals surface area contributed by atoms with Crippen molar-refractivity contribution in [2.24, 2.45) is 0 Å². The lowest BCUT2D eigenvalue weighted by Gasteiger charge is -2.20. The minimum absolute atomic E-state index is 0.0378. The van der Waals surface area contributed by atoms with Crippen molar-refractivity contribution in [1.82, 2.24) is 4.90 Å². The molecule has 2 heteroatoms. The summed E-state index contributed by atoms with van der Waals surface area (Å²) in [4.78, 5) is 1.98. The fraction of sp³-hybridized carbons (Fsp3) is 0.273. The summed E-state index contributed by atoms with van der Waals surface area (Å²) in [5, 5.41) is 8.85. The molecule has 0 aliphatic rings. The van der Waals surface area contributed by atoms with Crippen LogP contribution in [0.4, 0.5) is 0 Å². The van der Waals surface area contributed by atoms with E-state index in [0.29, 0.717) is 5.56 Å². The van der Waals surface area contributed by atoms with Crippen molar-refractivity contribution in [2.75, 3.05) is 14.1 Å². The summed E-state index contributed by atoms with van der Waals surface area (Å²) >= 11 is 0. The largest absolute Gasteiger partial charge is 0.302 e. The number of nitriles is 1. The molecule has 0 N–H and O–H groups in total. The zero-order valence-electron chi connectivity index (χ0n) is 7.99. The Balaban J connectivity index is 3.07. The third kappa shape index (κ3) is 2.07. The van der Waals surface area contributed by atoms with Crippen LogP contribution in [0.3, 0.4) is 0 Å². The van der Waals surface area contributed by atoms with E-state index >= 15 is 0 Å². The third-order valence-corrected chi connectivity index (χ3v) is 2.06. The molecular formula is C11H13N2. The van der Waals surface area contributed by atoms with Gasteiger partial charge in [0, 0.05) is 6.04 Å². The Morgan fingerprint density at radius 3 is 2.54 bits per heavy atom. The molecule has 0 heterocycles. The van der Waals surface area contributed by atoms with Gasteiger partial charge in [0.15, 0.2) is 0 Å². The van der Waals surface area contributed by atoms with E-state index in [4.69, 9.17) is 5.26 Å². The summed E-state index contributed by atoms with van der Waals surface area (Å²) < 4.78 is 0. The number of benzene rings is 1. The molecule has 13 heavy (non-hydrogen) atoms. The quantitative estimate of drug-likeness (QED) is 0.684. The van der Waals surface area contributed by atoms with E-state index in [0.717, 1.165) is 5.56 Å². The Kier molecular flexibility index (Phi) is 3.05. The molecule has 1 rings (SSSR count). The topological polar surface area (TPSA) is 27.0 Å². The Hall–Kier alpha value is -1.33. The maximum atomic E-state index is 8.85. The van der Waals surface area contributed by atoms with Gasteiger partial charge in [-0.05, 0) is 32.6 Å². The van der Waals surface area contributed by atoms with Crippen LogP contribution in [-0.4, -0.2) is 19.0 Å². The van der Waals surface area contributed by atoms with Crippen molar-refractivity contribution < 1.29 is 0 Å². The molecule has 0 fully saturated rings. The predicted octanol–water partition coefficient (Wildman–Crippen LogP) is 2.00. The van der Waals surface area contributed by atoms with Gasteiger partial charge >= 0.3 is 0 Å². The molecule has 0 amide bonds. The van der Waals surface area contributed by atoms with Gasteiger partial charge in [-0.1, -0.05) is 18.2 Å². The van der Waals surface area contributed by atoms with E-state index in [1.54, 1.807) is 0 Å². The van der Waals surface area contributed by atoms with Gasteiger partial charge in [0.05, 0.1) is 11.6 Å². The smallest absolute Gasteiger partial charge is 0.0995 e. The highest BCUT2D eigenvalue weighted by atomic mass is 15.1. The van der Waals surface area contributed by atoms with Crippen molar-refractivity contribution in [3.05, 3.63) is 42.3 Å². The Morgan fingerprint density at radius 1 is 1.38 bits per heavy atom. The number of hydrogen-bond donors (Lipinski definition) is 0. The van der Waals surface area contributed by atoms with E-state index < -0.39 is 0 Å². The van der Waals surface area contributed by atoms with Crippen molar-refractivity contribution in [3.8, 4) is 6.07 Å². The molecular weight excluding hydrogens is 160 g/mol. The summed E-state index contributed by atoms with van der Waals surface area (Å²) in [6.45, 7) is 3.99. The van der Waals surface area contributed by atoms with Gasteiger partial charge in [0.1, 0.15) is 0 Å². The molecule has 0 aliphatic carbocycles. The Labute approximate surface area is 79.4 Å². The minimum Gasteiger partial charge on any atom is -0.302 e. The highest BCUT2D eigenvalue weighted by Crippen LogP contribution is 2.19. The van der Waals surface area contributed by atoms with Crippen LogP contribution in [0.1, 0.15) is 17.2 Å². The molecule has 0 aliphatic heterocycles. The van der Waals surface area contributed by atoms with Crippen LogP contribution in [0.25, 0.3) is 0 Å². The van der Waals surface area contributed by atoms with E-state index in [1.165, 1.54) is 0 Å². The molecule has 1 unspecified atom stereocenters. The number of rotatable bonds is 2. The summed E-state index contributed by atoms with van der Waals surface area (Å²) in [6, 6.07) is 9.75. The summed E-state index contributed by atoms with van der Waals surface area (Å²) in [7, 11) is 3.90. The van der Waals surface area contributed by atoms with Crippen LogP contribution in [0.5, 0.6) is 0 Å². The summed E-state index contributed by atoms with van der Waals surface area (Å²) in [5.74, 6) is 0. The lowest BCUT2D eigenvalue weighted by Crippen LogP contribution is -2.17. The molecule has 1 aromatic rings. The second-order valence-electron chi connectivity index (χ2n) is 3.18. The second-order valence-corrected chi connectivity index (χ2v) is 3.18. The number of nitrogens with zero attached hydrogens (tertiary/aromatic N) is 2. The van der Waals surface area contributed by atoms with Gasteiger partial charge in [-0.3, -0.25) is 0 Å². The average Bonchev–Trinajstić information content (AvgIpc) is 2.16. The molecule has 1 atom stereocenters. The molecule has 0 bridgehead atoms. The molecule has 2 nitrogen and oxygen atoms in total. The molecule has 1 aromatic carbocycles. The SMILES string of the molecule is [CH2]C(c1ccccc1C#N)N(C)C. The van der Waals surface area contributed by atoms with Crippen LogP contribution in [0.15, 0.2) is 24.3 Å². The van der Waals surface area contributed by atoms with E-state index in [-0.39, 0.29) is 6.04 Å². The standard InChI is InChI=1S/C11H13N2/c1-9(13(2)3)11-7-5-4-6-10(11)8-12/h4-7,9H,1H2,2-3H3. The molecule has 0 saturated heterocycles. The van der Waals surface area contributed by atoms with Crippen LogP contribution in [-0.2, 0) is 0 Å². The monoisotopic (exact) mass is 173 g/mol. The first-order valence-electron chi connectivity index (χ1n) is 4.15. The van der Waals surface area contributed by atoms with Gasteiger partial charge in [0.2, 0.25) is 0 Å². The van der Waals surface area contributed by atoms with E-state index in [1.807, 2.05) is 43.3 Å². The Morgan fingerprint density at radius 2 is 2.00 bits per heavy atom. The fourth-order valence-corrected chi connectivity index (χ4v) is 1.17. The minimum atomic E-state index is 0.0378. The first-order valence-corrected chi connectivity index (χ1v) is 4.15. The van der Waals surface area contributed by atoms with Crippen molar-refractivity contribution in [3.63, 3.8) is 0 Å². The van der Waals surface area contributed by atoms with Crippen molar-refractivity contribution in [1.29, 1.82) is 5.26 Å². The molecule has 67 valence electrons. The van der Waals surface area contributed by atoms with Gasteiger partial charge in [-0.15, -0.1) is 0 Å². The fourth-order valence-electron chi connectivity index (χ4n) is 1.17. The molecule has 1 radical (unpaired) electrons. The first-order chi connectivity index (χ1) is 6.16. The molecule has 0 spiro atoms. The zero-order valence-corrected chi connectivity index (χ0v) is 7.99. The lowest BCUT2D eigenvalue weighted by atomic mass is 10.0. The normalized spacial score (nSPS) is 12.5. The van der Waals surface area contributed by atoms with Gasteiger partial charge in [-0.2, -0.15) is 5.26 Å². The molecule has 0 saturated carbocycles. The third-order valence-electron chi connectivity index (χ3n) is 2.06. The van der Waals surface area contributed by atoms with E-state index in [9.17, 15) is 0 Å². The maximum Gasteiger partial charge on any atom is 0.0995 e. The van der Waals surface area contributed by atoms with E-state index in [2.05, 4.69) is 13.0 Å². The molecule has 0 aromatic heterocycles. The number of hydrogen-bond acceptors (Lipinski definition) is 2. The highest BCUT2D eigenvalue weighted by Gasteiger charge is 2.11.